The van der Waals surface area contributed by atoms with Crippen molar-refractivity contribution in [1.82, 2.24) is 4.90 Å². The van der Waals surface area contributed by atoms with E-state index in [9.17, 15) is 9.90 Å². The van der Waals surface area contributed by atoms with Crippen LogP contribution >= 0.6 is 0 Å². The summed E-state index contributed by atoms with van der Waals surface area (Å²) in [5.41, 5.74) is 0. The summed E-state index contributed by atoms with van der Waals surface area (Å²) in [5.74, 6) is -1.11. The predicted molar refractivity (Wildman–Crippen MR) is 40.5 cm³/mol. The Labute approximate surface area is 66.3 Å². The lowest BCUT2D eigenvalue weighted by Gasteiger charge is -2.09. The van der Waals surface area contributed by atoms with Gasteiger partial charge in [0.1, 0.15) is 0 Å². The third-order valence-electron chi connectivity index (χ3n) is 1.82. The van der Waals surface area contributed by atoms with Gasteiger partial charge < -0.3 is 0 Å². The molecule has 1 aliphatic heterocycles. The monoisotopic (exact) mass is 154 g/mol. The molecule has 1 aliphatic rings. The molecule has 0 aromatic rings. The first-order chi connectivity index (χ1) is 5.29. The van der Waals surface area contributed by atoms with Gasteiger partial charge in [-0.1, -0.05) is 6.08 Å². The van der Waals surface area contributed by atoms with Crippen molar-refractivity contribution in [2.75, 3.05) is 19.6 Å². The Kier molecular flexibility index (Phi) is 3.11. The highest BCUT2D eigenvalue weighted by molar-refractivity contribution is 5.79. The summed E-state index contributed by atoms with van der Waals surface area (Å²) in [6.07, 6.45) is 5.21. The zero-order valence-electron chi connectivity index (χ0n) is 6.45. The van der Waals surface area contributed by atoms with Gasteiger partial charge in [0.15, 0.2) is 0 Å². The van der Waals surface area contributed by atoms with Crippen LogP contribution in [-0.4, -0.2) is 30.5 Å². The molecule has 0 aromatic carbocycles. The molecule has 0 bridgehead atoms. The van der Waals surface area contributed by atoms with Crippen molar-refractivity contribution in [2.24, 2.45) is 0 Å². The van der Waals surface area contributed by atoms with Crippen molar-refractivity contribution in [2.45, 2.75) is 12.8 Å². The van der Waals surface area contributed by atoms with Crippen LogP contribution < -0.4 is 0 Å². The van der Waals surface area contributed by atoms with Crippen LogP contribution in [0.15, 0.2) is 12.2 Å². The Balaban J connectivity index is 2.15. The molecule has 1 saturated heterocycles. The summed E-state index contributed by atoms with van der Waals surface area (Å²) in [4.78, 5) is 12.2. The van der Waals surface area contributed by atoms with Gasteiger partial charge in [-0.3, -0.25) is 4.90 Å². The Morgan fingerprint density at radius 1 is 1.36 bits per heavy atom. The second kappa shape index (κ2) is 4.13. The average molecular weight is 154 g/mol. The fraction of sp³-hybridized carbons (Fsp3) is 0.625. The van der Waals surface area contributed by atoms with Gasteiger partial charge in [0.05, 0.1) is 0 Å². The smallest absolute Gasteiger partial charge is 0.300 e. The zero-order valence-corrected chi connectivity index (χ0v) is 6.45. The third-order valence-corrected chi connectivity index (χ3v) is 1.82. The lowest BCUT2D eigenvalue weighted by molar-refractivity contribution is -0.137. The standard InChI is InChI=1S/C8H12NO2/c10-8(11)4-3-7-9-5-1-2-6-9/h3-4H,1-2,5-7H2/b4-3+. The Hall–Kier alpha value is -0.830. The number of hydrogen-bond donors (Lipinski definition) is 0. The highest BCUT2D eigenvalue weighted by Gasteiger charge is 2.08. The minimum absolute atomic E-state index is 0.744. The number of hydrogen-bond acceptors (Lipinski definition) is 2. The van der Waals surface area contributed by atoms with Gasteiger partial charge >= 0.3 is 5.97 Å². The van der Waals surface area contributed by atoms with Gasteiger partial charge in [-0.05, 0) is 25.9 Å². The second-order valence-electron chi connectivity index (χ2n) is 2.73. The van der Waals surface area contributed by atoms with Gasteiger partial charge in [0.2, 0.25) is 0 Å². The predicted octanol–water partition coefficient (Wildman–Crippen LogP) is 0.595. The first kappa shape index (κ1) is 8.27. The average Bonchev–Trinajstić information content (AvgIpc) is 2.39. The van der Waals surface area contributed by atoms with Crippen LogP contribution in [0.2, 0.25) is 0 Å². The Morgan fingerprint density at radius 3 is 2.55 bits per heavy atom. The number of carbonyl (C=O) groups excluding carboxylic acids is 1. The third kappa shape index (κ3) is 3.18. The van der Waals surface area contributed by atoms with E-state index in [1.807, 2.05) is 0 Å². The van der Waals surface area contributed by atoms with E-state index in [1.54, 1.807) is 6.08 Å². The second-order valence-corrected chi connectivity index (χ2v) is 2.73. The van der Waals surface area contributed by atoms with Gasteiger partial charge in [-0.15, -0.1) is 0 Å². The lowest BCUT2D eigenvalue weighted by Crippen LogP contribution is -2.18. The molecule has 3 heteroatoms. The van der Waals surface area contributed by atoms with E-state index in [0.29, 0.717) is 0 Å². The molecule has 0 N–H and O–H groups in total. The van der Waals surface area contributed by atoms with E-state index in [0.717, 1.165) is 25.7 Å². The topological polar surface area (TPSA) is 40.2 Å². The van der Waals surface area contributed by atoms with E-state index in [2.05, 4.69) is 4.90 Å². The van der Waals surface area contributed by atoms with Crippen LogP contribution in [0, 0.1) is 0 Å². The van der Waals surface area contributed by atoms with E-state index in [1.165, 1.54) is 12.8 Å². The summed E-state index contributed by atoms with van der Waals surface area (Å²) in [6.45, 7) is 2.93. The van der Waals surface area contributed by atoms with Gasteiger partial charge in [-0.25, -0.2) is 9.90 Å². The summed E-state index contributed by atoms with van der Waals surface area (Å²) in [5, 5.41) is 9.96. The van der Waals surface area contributed by atoms with E-state index < -0.39 is 5.97 Å². The van der Waals surface area contributed by atoms with Crippen molar-refractivity contribution < 1.29 is 9.90 Å². The largest absolute Gasteiger partial charge is 0.378 e. The molecule has 1 heterocycles. The molecule has 0 atom stereocenters. The molecule has 3 nitrogen and oxygen atoms in total. The van der Waals surface area contributed by atoms with Crippen molar-refractivity contribution in [3.05, 3.63) is 12.2 Å². The Bertz CT molecular complexity index is 159. The van der Waals surface area contributed by atoms with E-state index in [4.69, 9.17) is 0 Å². The molecule has 1 radical (unpaired) electrons. The SMILES string of the molecule is [O]C(=O)/C=C/CN1CCCC1. The van der Waals surface area contributed by atoms with Crippen LogP contribution in [0.5, 0.6) is 0 Å². The van der Waals surface area contributed by atoms with Crippen LogP contribution in [0.25, 0.3) is 0 Å². The lowest BCUT2D eigenvalue weighted by atomic mass is 10.4. The van der Waals surface area contributed by atoms with Gasteiger partial charge in [0.25, 0.3) is 0 Å². The zero-order chi connectivity index (χ0) is 8.10. The van der Waals surface area contributed by atoms with E-state index in [-0.39, 0.29) is 0 Å². The van der Waals surface area contributed by atoms with Crippen molar-refractivity contribution in [1.29, 1.82) is 0 Å². The minimum atomic E-state index is -1.11. The van der Waals surface area contributed by atoms with Crippen LogP contribution in [0.4, 0.5) is 0 Å². The fourth-order valence-electron chi connectivity index (χ4n) is 1.26. The maximum atomic E-state index is 9.96. The highest BCUT2D eigenvalue weighted by atomic mass is 16.4. The van der Waals surface area contributed by atoms with Crippen molar-refractivity contribution >= 4 is 5.97 Å². The number of rotatable bonds is 3. The summed E-state index contributed by atoms with van der Waals surface area (Å²) >= 11 is 0. The molecule has 11 heavy (non-hydrogen) atoms. The molecule has 1 fully saturated rings. The van der Waals surface area contributed by atoms with Crippen LogP contribution in [-0.2, 0) is 9.90 Å². The molecule has 0 aliphatic carbocycles. The number of nitrogens with zero attached hydrogens (tertiary/aromatic N) is 1. The van der Waals surface area contributed by atoms with Gasteiger partial charge in [0, 0.05) is 12.6 Å². The summed E-state index contributed by atoms with van der Waals surface area (Å²) in [6, 6.07) is 0. The summed E-state index contributed by atoms with van der Waals surface area (Å²) < 4.78 is 0. The molecule has 0 spiro atoms. The fourth-order valence-corrected chi connectivity index (χ4v) is 1.26. The molecular formula is C8H12NO2. The summed E-state index contributed by atoms with van der Waals surface area (Å²) in [7, 11) is 0. The first-order valence-corrected chi connectivity index (χ1v) is 3.89. The molecular weight excluding hydrogens is 142 g/mol. The normalized spacial score (nSPS) is 19.6. The molecule has 61 valence electrons. The molecule has 0 unspecified atom stereocenters. The quantitative estimate of drug-likeness (QED) is 0.558. The van der Waals surface area contributed by atoms with E-state index >= 15 is 0 Å². The number of likely N-dealkylation sites (tertiary alicyclic amines) is 1. The molecule has 0 aromatic heterocycles. The van der Waals surface area contributed by atoms with Gasteiger partial charge in [-0.2, -0.15) is 0 Å². The van der Waals surface area contributed by atoms with Crippen molar-refractivity contribution in [3.63, 3.8) is 0 Å². The maximum Gasteiger partial charge on any atom is 0.378 e. The maximum absolute atomic E-state index is 9.96. The molecule has 0 amide bonds. The molecule has 0 saturated carbocycles. The Morgan fingerprint density at radius 2 is 2.00 bits per heavy atom. The van der Waals surface area contributed by atoms with Crippen LogP contribution in [0.3, 0.4) is 0 Å². The highest BCUT2D eigenvalue weighted by Crippen LogP contribution is 2.05. The van der Waals surface area contributed by atoms with Crippen molar-refractivity contribution in [3.8, 4) is 0 Å². The number of carbonyl (C=O) groups is 1. The van der Waals surface area contributed by atoms with Crippen LogP contribution in [0.1, 0.15) is 12.8 Å². The minimum Gasteiger partial charge on any atom is -0.300 e. The molecule has 1 rings (SSSR count). The first-order valence-electron chi connectivity index (χ1n) is 3.89.